The molecule has 50 heavy (non-hydrogen) atoms. The number of carbonyl (C=O) groups is 2. The molecule has 0 rings (SSSR count). The standard InChI is InChI=1S/C44H85NO5/c1-4-7-10-13-16-19-21-22-25-28-31-34-37-44(49)50-40(35-32-29-26-24-20-17-14-11-8-5-2)38-43(48)45-41(39-46)42(47)36-33-30-27-23-18-15-12-9-6-3/h17,20,40-42,46-47H,4-16,18-19,21-39H2,1-3H3,(H,45,48)/b20-17-. The van der Waals surface area contributed by atoms with Crippen LogP contribution >= 0.6 is 0 Å². The monoisotopic (exact) mass is 708 g/mol. The minimum absolute atomic E-state index is 0.0722. The van der Waals surface area contributed by atoms with E-state index in [2.05, 4.69) is 38.2 Å². The van der Waals surface area contributed by atoms with Crippen LogP contribution in [0.4, 0.5) is 0 Å². The molecule has 3 N–H and O–H groups in total. The summed E-state index contributed by atoms with van der Waals surface area (Å²) >= 11 is 0. The van der Waals surface area contributed by atoms with Crippen LogP contribution in [0, 0.1) is 0 Å². The lowest BCUT2D eigenvalue weighted by molar-refractivity contribution is -0.151. The third-order valence-electron chi connectivity index (χ3n) is 10.1. The van der Waals surface area contributed by atoms with E-state index in [1.54, 1.807) is 0 Å². The molecule has 0 spiro atoms. The van der Waals surface area contributed by atoms with Gasteiger partial charge < -0.3 is 20.3 Å². The maximum absolute atomic E-state index is 13.1. The van der Waals surface area contributed by atoms with Crippen molar-refractivity contribution in [3.05, 3.63) is 12.2 Å². The van der Waals surface area contributed by atoms with Gasteiger partial charge in [-0.2, -0.15) is 0 Å². The maximum Gasteiger partial charge on any atom is 0.306 e. The van der Waals surface area contributed by atoms with Crippen molar-refractivity contribution in [1.29, 1.82) is 0 Å². The summed E-state index contributed by atoms with van der Waals surface area (Å²) in [5, 5.41) is 23.5. The van der Waals surface area contributed by atoms with Crippen molar-refractivity contribution in [1.82, 2.24) is 5.32 Å². The van der Waals surface area contributed by atoms with Gasteiger partial charge in [0.2, 0.25) is 5.91 Å². The molecular weight excluding hydrogens is 622 g/mol. The normalized spacial score (nSPS) is 13.5. The van der Waals surface area contributed by atoms with E-state index < -0.39 is 18.2 Å². The summed E-state index contributed by atoms with van der Waals surface area (Å²) in [7, 11) is 0. The number of hydrogen-bond acceptors (Lipinski definition) is 5. The van der Waals surface area contributed by atoms with Crippen molar-refractivity contribution in [3.8, 4) is 0 Å². The second-order valence-electron chi connectivity index (χ2n) is 15.1. The second-order valence-corrected chi connectivity index (χ2v) is 15.1. The molecule has 0 aromatic carbocycles. The molecule has 0 fully saturated rings. The molecule has 0 heterocycles. The van der Waals surface area contributed by atoms with Gasteiger partial charge in [-0.15, -0.1) is 0 Å². The Morgan fingerprint density at radius 2 is 0.960 bits per heavy atom. The molecule has 0 bridgehead atoms. The van der Waals surface area contributed by atoms with Crippen molar-refractivity contribution in [2.45, 2.75) is 251 Å². The largest absolute Gasteiger partial charge is 0.462 e. The predicted octanol–water partition coefficient (Wildman–Crippen LogP) is 12.2. The van der Waals surface area contributed by atoms with E-state index >= 15 is 0 Å². The number of amides is 1. The van der Waals surface area contributed by atoms with E-state index in [1.165, 1.54) is 116 Å². The Labute approximate surface area is 310 Å². The molecular formula is C44H85NO5. The number of esters is 1. The lowest BCUT2D eigenvalue weighted by Gasteiger charge is -2.24. The van der Waals surface area contributed by atoms with E-state index in [9.17, 15) is 19.8 Å². The maximum atomic E-state index is 13.1. The van der Waals surface area contributed by atoms with Crippen LogP contribution < -0.4 is 5.32 Å². The average molecular weight is 708 g/mol. The molecule has 0 aromatic heterocycles. The summed E-state index contributed by atoms with van der Waals surface area (Å²) in [5.74, 6) is -0.484. The molecule has 0 saturated heterocycles. The number of rotatable bonds is 39. The lowest BCUT2D eigenvalue weighted by atomic mass is 10.0. The highest BCUT2D eigenvalue weighted by Crippen LogP contribution is 2.17. The van der Waals surface area contributed by atoms with Gasteiger partial charge in [0.1, 0.15) is 6.10 Å². The molecule has 0 radical (unpaired) electrons. The van der Waals surface area contributed by atoms with Crippen molar-refractivity contribution in [2.75, 3.05) is 6.61 Å². The van der Waals surface area contributed by atoms with Crippen LogP contribution in [0.15, 0.2) is 12.2 Å². The summed E-state index contributed by atoms with van der Waals surface area (Å²) in [6, 6.07) is -0.696. The van der Waals surface area contributed by atoms with Crippen molar-refractivity contribution in [2.24, 2.45) is 0 Å². The third kappa shape index (κ3) is 33.7. The zero-order valence-corrected chi connectivity index (χ0v) is 33.5. The molecule has 0 saturated carbocycles. The summed E-state index contributed by atoms with van der Waals surface area (Å²) in [4.78, 5) is 25.9. The highest BCUT2D eigenvalue weighted by atomic mass is 16.5. The third-order valence-corrected chi connectivity index (χ3v) is 10.1. The first-order chi connectivity index (χ1) is 24.5. The number of unbranched alkanes of at least 4 members (excludes halogenated alkanes) is 25. The minimum atomic E-state index is -0.782. The fourth-order valence-corrected chi connectivity index (χ4v) is 6.72. The summed E-state index contributed by atoms with van der Waals surface area (Å²) in [6.45, 7) is 6.42. The van der Waals surface area contributed by atoms with Crippen LogP contribution in [0.3, 0.4) is 0 Å². The topological polar surface area (TPSA) is 95.9 Å². The summed E-state index contributed by atoms with van der Waals surface area (Å²) in [5.41, 5.74) is 0. The number of nitrogens with one attached hydrogen (secondary N) is 1. The van der Waals surface area contributed by atoms with Gasteiger partial charge in [-0.3, -0.25) is 9.59 Å². The number of aliphatic hydroxyl groups excluding tert-OH is 2. The quantitative estimate of drug-likeness (QED) is 0.0336. The van der Waals surface area contributed by atoms with E-state index in [0.29, 0.717) is 19.3 Å². The van der Waals surface area contributed by atoms with Gasteiger partial charge in [0, 0.05) is 6.42 Å². The molecule has 3 atom stereocenters. The van der Waals surface area contributed by atoms with Gasteiger partial charge in [-0.25, -0.2) is 0 Å². The zero-order valence-electron chi connectivity index (χ0n) is 33.5. The molecule has 0 aromatic rings. The van der Waals surface area contributed by atoms with Gasteiger partial charge in [0.05, 0.1) is 25.2 Å². The first-order valence-electron chi connectivity index (χ1n) is 21.9. The molecule has 0 aliphatic heterocycles. The van der Waals surface area contributed by atoms with Crippen LogP contribution in [0.5, 0.6) is 0 Å². The highest BCUT2D eigenvalue weighted by molar-refractivity contribution is 5.77. The molecule has 0 aliphatic carbocycles. The highest BCUT2D eigenvalue weighted by Gasteiger charge is 2.24. The number of carbonyl (C=O) groups excluding carboxylic acids is 2. The van der Waals surface area contributed by atoms with Crippen LogP contribution in [0.2, 0.25) is 0 Å². The molecule has 3 unspecified atom stereocenters. The molecule has 0 aliphatic rings. The Morgan fingerprint density at radius 3 is 1.46 bits per heavy atom. The van der Waals surface area contributed by atoms with Crippen molar-refractivity contribution in [3.63, 3.8) is 0 Å². The number of hydrogen-bond donors (Lipinski definition) is 3. The predicted molar refractivity (Wildman–Crippen MR) is 213 cm³/mol. The first-order valence-corrected chi connectivity index (χ1v) is 21.9. The number of aliphatic hydroxyl groups is 2. The summed E-state index contributed by atoms with van der Waals surface area (Å²) < 4.78 is 5.87. The van der Waals surface area contributed by atoms with Gasteiger partial charge >= 0.3 is 5.97 Å². The minimum Gasteiger partial charge on any atom is -0.462 e. The Hall–Kier alpha value is -1.40. The first kappa shape index (κ1) is 48.6. The SMILES string of the molecule is CCCCC/C=C\CCCCCC(CC(=O)NC(CO)C(O)CCCCCCCCCCC)OC(=O)CCCCCCCCCCCCCC. The lowest BCUT2D eigenvalue weighted by Crippen LogP contribution is -2.46. The summed E-state index contributed by atoms with van der Waals surface area (Å²) in [6.07, 6.45) is 39.9. The Kier molecular flexibility index (Phi) is 37.7. The van der Waals surface area contributed by atoms with Gasteiger partial charge in [0.15, 0.2) is 0 Å². The smallest absolute Gasteiger partial charge is 0.306 e. The second kappa shape index (κ2) is 38.8. The van der Waals surface area contributed by atoms with Crippen LogP contribution in [-0.4, -0.2) is 46.9 Å². The Bertz CT molecular complexity index is 757. The van der Waals surface area contributed by atoms with Crippen molar-refractivity contribution >= 4 is 11.9 Å². The Balaban J connectivity index is 4.57. The van der Waals surface area contributed by atoms with E-state index in [0.717, 1.165) is 70.6 Å². The van der Waals surface area contributed by atoms with E-state index in [-0.39, 0.29) is 24.9 Å². The molecule has 6 nitrogen and oxygen atoms in total. The fraction of sp³-hybridized carbons (Fsp3) is 0.909. The Morgan fingerprint density at radius 1 is 0.560 bits per heavy atom. The fourth-order valence-electron chi connectivity index (χ4n) is 6.72. The van der Waals surface area contributed by atoms with Gasteiger partial charge in [-0.1, -0.05) is 181 Å². The van der Waals surface area contributed by atoms with Crippen LogP contribution in [0.25, 0.3) is 0 Å². The van der Waals surface area contributed by atoms with E-state index in [1.807, 2.05) is 0 Å². The van der Waals surface area contributed by atoms with E-state index in [4.69, 9.17) is 4.74 Å². The molecule has 296 valence electrons. The van der Waals surface area contributed by atoms with Crippen molar-refractivity contribution < 1.29 is 24.5 Å². The molecule has 6 heteroatoms. The average Bonchev–Trinajstić information content (AvgIpc) is 3.10. The number of allylic oxidation sites excluding steroid dienone is 2. The van der Waals surface area contributed by atoms with Crippen LogP contribution in [0.1, 0.15) is 233 Å². The van der Waals surface area contributed by atoms with Crippen LogP contribution in [-0.2, 0) is 14.3 Å². The zero-order chi connectivity index (χ0) is 36.8. The number of ether oxygens (including phenoxy) is 1. The molecule has 1 amide bonds. The van der Waals surface area contributed by atoms with Gasteiger partial charge in [0.25, 0.3) is 0 Å². The van der Waals surface area contributed by atoms with Gasteiger partial charge in [-0.05, 0) is 51.4 Å².